The van der Waals surface area contributed by atoms with Gasteiger partial charge in [0.15, 0.2) is 5.58 Å². The van der Waals surface area contributed by atoms with E-state index in [1.807, 2.05) is 24.3 Å². The highest BCUT2D eigenvalue weighted by atomic mass is 127. The average molecular weight is 367 g/mol. The molecule has 0 aliphatic rings. The van der Waals surface area contributed by atoms with Gasteiger partial charge in [-0.1, -0.05) is 12.1 Å². The Kier molecular flexibility index (Phi) is 3.06. The third-order valence-corrected chi connectivity index (χ3v) is 3.64. The molecule has 0 spiro atoms. The predicted molar refractivity (Wildman–Crippen MR) is 80.4 cm³/mol. The molecule has 0 fully saturated rings. The standard InChI is InChI=1S/C14H10INO3/c1-18-13-7-11(17)8(6-9(13)15)14-16-10-4-2-3-5-12(10)19-14/h2-7,17H,1H3. The lowest BCUT2D eigenvalue weighted by Crippen LogP contribution is -1.88. The number of aromatic nitrogens is 1. The Bertz CT molecular complexity index is 719. The highest BCUT2D eigenvalue weighted by Crippen LogP contribution is 2.36. The first-order chi connectivity index (χ1) is 9.19. The zero-order valence-corrected chi connectivity index (χ0v) is 12.2. The first-order valence-corrected chi connectivity index (χ1v) is 6.69. The molecule has 3 rings (SSSR count). The molecule has 1 heterocycles. The van der Waals surface area contributed by atoms with Gasteiger partial charge in [0.25, 0.3) is 0 Å². The number of oxazole rings is 1. The van der Waals surface area contributed by atoms with Crippen molar-refractivity contribution >= 4 is 33.7 Å². The summed E-state index contributed by atoms with van der Waals surface area (Å²) in [7, 11) is 1.57. The topological polar surface area (TPSA) is 55.5 Å². The third-order valence-electron chi connectivity index (χ3n) is 2.79. The monoisotopic (exact) mass is 367 g/mol. The third kappa shape index (κ3) is 2.14. The molecule has 0 unspecified atom stereocenters. The van der Waals surface area contributed by atoms with Gasteiger partial charge in [-0.2, -0.15) is 0 Å². The van der Waals surface area contributed by atoms with Gasteiger partial charge in [-0.3, -0.25) is 0 Å². The van der Waals surface area contributed by atoms with E-state index in [-0.39, 0.29) is 5.75 Å². The van der Waals surface area contributed by atoms with Crippen molar-refractivity contribution in [2.24, 2.45) is 0 Å². The molecule has 19 heavy (non-hydrogen) atoms. The Morgan fingerprint density at radius 3 is 2.79 bits per heavy atom. The maximum atomic E-state index is 10.0. The number of ether oxygens (including phenoxy) is 1. The van der Waals surface area contributed by atoms with Crippen molar-refractivity contribution in [3.8, 4) is 23.0 Å². The lowest BCUT2D eigenvalue weighted by Gasteiger charge is -2.06. The number of phenols is 1. The van der Waals surface area contributed by atoms with Crippen molar-refractivity contribution in [2.45, 2.75) is 0 Å². The number of nitrogens with zero attached hydrogens (tertiary/aromatic N) is 1. The Labute approximate surface area is 123 Å². The van der Waals surface area contributed by atoms with E-state index in [2.05, 4.69) is 27.6 Å². The van der Waals surface area contributed by atoms with E-state index >= 15 is 0 Å². The number of halogens is 1. The van der Waals surface area contributed by atoms with Crippen LogP contribution in [0.5, 0.6) is 11.5 Å². The molecule has 0 atom stereocenters. The van der Waals surface area contributed by atoms with Crippen LogP contribution in [0.25, 0.3) is 22.6 Å². The molecule has 0 radical (unpaired) electrons. The fraction of sp³-hybridized carbons (Fsp3) is 0.0714. The van der Waals surface area contributed by atoms with E-state index < -0.39 is 0 Å². The molecule has 4 nitrogen and oxygen atoms in total. The van der Waals surface area contributed by atoms with Crippen molar-refractivity contribution in [3.63, 3.8) is 0 Å². The number of para-hydroxylation sites is 2. The van der Waals surface area contributed by atoms with Gasteiger partial charge in [0.05, 0.1) is 16.2 Å². The Hall–Kier alpha value is -1.76. The fourth-order valence-corrected chi connectivity index (χ4v) is 2.55. The largest absolute Gasteiger partial charge is 0.507 e. The van der Waals surface area contributed by atoms with Gasteiger partial charge < -0.3 is 14.3 Å². The van der Waals surface area contributed by atoms with Gasteiger partial charge in [-0.15, -0.1) is 0 Å². The number of hydrogen-bond acceptors (Lipinski definition) is 4. The number of rotatable bonds is 2. The minimum Gasteiger partial charge on any atom is -0.507 e. The van der Waals surface area contributed by atoms with E-state index in [0.29, 0.717) is 22.8 Å². The van der Waals surface area contributed by atoms with Gasteiger partial charge in [0, 0.05) is 6.07 Å². The maximum Gasteiger partial charge on any atom is 0.231 e. The van der Waals surface area contributed by atoms with Crippen LogP contribution in [-0.4, -0.2) is 17.2 Å². The van der Waals surface area contributed by atoms with Crippen molar-refractivity contribution in [1.29, 1.82) is 0 Å². The smallest absolute Gasteiger partial charge is 0.231 e. The minimum absolute atomic E-state index is 0.0869. The van der Waals surface area contributed by atoms with E-state index in [4.69, 9.17) is 9.15 Å². The molecule has 96 valence electrons. The van der Waals surface area contributed by atoms with Gasteiger partial charge in [0.2, 0.25) is 5.89 Å². The lowest BCUT2D eigenvalue weighted by molar-refractivity contribution is 0.405. The van der Waals surface area contributed by atoms with Crippen molar-refractivity contribution in [1.82, 2.24) is 4.98 Å². The molecule has 0 saturated heterocycles. The molecule has 1 N–H and O–H groups in total. The van der Waals surface area contributed by atoms with Gasteiger partial charge in [0.1, 0.15) is 17.0 Å². The molecule has 1 aromatic heterocycles. The lowest BCUT2D eigenvalue weighted by atomic mass is 10.2. The number of fused-ring (bicyclic) bond motifs is 1. The molecule has 5 heteroatoms. The molecule has 0 bridgehead atoms. The van der Waals surface area contributed by atoms with Crippen LogP contribution in [0.4, 0.5) is 0 Å². The van der Waals surface area contributed by atoms with Crippen LogP contribution in [0, 0.1) is 3.57 Å². The Morgan fingerprint density at radius 1 is 1.26 bits per heavy atom. The van der Waals surface area contributed by atoms with Crippen LogP contribution >= 0.6 is 22.6 Å². The van der Waals surface area contributed by atoms with Crippen LogP contribution in [0.1, 0.15) is 0 Å². The molecule has 2 aromatic carbocycles. The summed E-state index contributed by atoms with van der Waals surface area (Å²) in [5.74, 6) is 1.11. The predicted octanol–water partition coefficient (Wildman–Crippen LogP) is 3.81. The second-order valence-electron chi connectivity index (χ2n) is 3.99. The van der Waals surface area contributed by atoms with Crippen LogP contribution < -0.4 is 4.74 Å². The first kappa shape index (κ1) is 12.3. The SMILES string of the molecule is COc1cc(O)c(-c2nc3ccccc3o2)cc1I. The number of aromatic hydroxyl groups is 1. The summed E-state index contributed by atoms with van der Waals surface area (Å²) < 4.78 is 11.7. The van der Waals surface area contributed by atoms with Gasteiger partial charge >= 0.3 is 0 Å². The van der Waals surface area contributed by atoms with Crippen molar-refractivity contribution in [2.75, 3.05) is 7.11 Å². The van der Waals surface area contributed by atoms with Gasteiger partial charge in [-0.05, 0) is 40.8 Å². The quantitative estimate of drug-likeness (QED) is 0.700. The first-order valence-electron chi connectivity index (χ1n) is 5.61. The zero-order valence-electron chi connectivity index (χ0n) is 10.1. The molecule has 0 aliphatic heterocycles. The number of hydrogen-bond donors (Lipinski definition) is 1. The summed E-state index contributed by atoms with van der Waals surface area (Å²) in [5.41, 5.74) is 2.02. The normalized spacial score (nSPS) is 10.8. The Balaban J connectivity index is 2.18. The van der Waals surface area contributed by atoms with E-state index in [1.54, 1.807) is 19.2 Å². The summed E-state index contributed by atoms with van der Waals surface area (Å²) in [6, 6.07) is 10.8. The summed E-state index contributed by atoms with van der Waals surface area (Å²) in [6.45, 7) is 0. The van der Waals surface area contributed by atoms with E-state index in [1.165, 1.54) is 0 Å². The summed E-state index contributed by atoms with van der Waals surface area (Å²) >= 11 is 2.14. The Morgan fingerprint density at radius 2 is 2.05 bits per heavy atom. The molecule has 0 saturated carbocycles. The van der Waals surface area contributed by atoms with Crippen LogP contribution in [0.3, 0.4) is 0 Å². The summed E-state index contributed by atoms with van der Waals surface area (Å²) in [4.78, 5) is 4.37. The van der Waals surface area contributed by atoms with Crippen LogP contribution in [0.2, 0.25) is 0 Å². The van der Waals surface area contributed by atoms with E-state index in [0.717, 1.165) is 9.09 Å². The van der Waals surface area contributed by atoms with Crippen molar-refractivity contribution in [3.05, 3.63) is 40.0 Å². The molecule has 3 aromatic rings. The summed E-state index contributed by atoms with van der Waals surface area (Å²) in [5, 5.41) is 10.0. The van der Waals surface area contributed by atoms with Crippen LogP contribution in [-0.2, 0) is 0 Å². The minimum atomic E-state index is 0.0869. The maximum absolute atomic E-state index is 10.0. The number of benzene rings is 2. The van der Waals surface area contributed by atoms with Gasteiger partial charge in [-0.25, -0.2) is 4.98 Å². The molecule has 0 aliphatic carbocycles. The van der Waals surface area contributed by atoms with Crippen LogP contribution in [0.15, 0.2) is 40.8 Å². The molecule has 0 amide bonds. The average Bonchev–Trinajstić information content (AvgIpc) is 2.84. The highest BCUT2D eigenvalue weighted by molar-refractivity contribution is 14.1. The van der Waals surface area contributed by atoms with Crippen molar-refractivity contribution < 1.29 is 14.3 Å². The zero-order chi connectivity index (χ0) is 13.4. The second kappa shape index (κ2) is 4.73. The van der Waals surface area contributed by atoms with E-state index in [9.17, 15) is 5.11 Å². The number of methoxy groups -OCH3 is 1. The molecular formula is C14H10INO3. The highest BCUT2D eigenvalue weighted by Gasteiger charge is 2.15. The number of phenolic OH excluding ortho intramolecular Hbond substituents is 1. The fourth-order valence-electron chi connectivity index (χ4n) is 1.86. The second-order valence-corrected chi connectivity index (χ2v) is 5.15. The molecular weight excluding hydrogens is 357 g/mol. The summed E-state index contributed by atoms with van der Waals surface area (Å²) in [6.07, 6.45) is 0.